The second-order valence-corrected chi connectivity index (χ2v) is 2.21. The molecular weight excluding hydrogens is 136 g/mol. The van der Waals surface area contributed by atoms with Gasteiger partial charge in [0.15, 0.2) is 0 Å². The average molecular weight is 148 g/mol. The van der Waals surface area contributed by atoms with E-state index in [4.69, 9.17) is 0 Å². The van der Waals surface area contributed by atoms with E-state index in [2.05, 4.69) is 16.9 Å². The molecule has 0 atom stereocenters. The lowest BCUT2D eigenvalue weighted by Gasteiger charge is -2.09. The average Bonchev–Trinajstić information content (AvgIpc) is 2.06. The van der Waals surface area contributed by atoms with E-state index in [0.29, 0.717) is 0 Å². The third kappa shape index (κ3) is 1.80. The first-order chi connectivity index (χ1) is 5.38. The van der Waals surface area contributed by atoms with Crippen LogP contribution in [0.2, 0.25) is 0 Å². The number of nitrogens with zero attached hydrogens (tertiary/aromatic N) is 1. The monoisotopic (exact) mass is 148 g/mol. The van der Waals surface area contributed by atoms with Crippen LogP contribution in [0, 0.1) is 0 Å². The van der Waals surface area contributed by atoms with Gasteiger partial charge in [-0.15, -0.1) is 0 Å². The van der Waals surface area contributed by atoms with Crippen molar-refractivity contribution in [2.45, 2.75) is 6.92 Å². The summed E-state index contributed by atoms with van der Waals surface area (Å²) in [5.41, 5.74) is 2.15. The van der Waals surface area contributed by atoms with E-state index >= 15 is 0 Å². The molecule has 1 N–H and O–H groups in total. The molecular formula is C9H12N2. The van der Waals surface area contributed by atoms with Gasteiger partial charge in [-0.25, -0.2) is 0 Å². The smallest absolute Gasteiger partial charge is 0.0662 e. The zero-order valence-electron chi connectivity index (χ0n) is 6.67. The highest BCUT2D eigenvalue weighted by Gasteiger charge is 2.01. The first kappa shape index (κ1) is 7.79. The summed E-state index contributed by atoms with van der Waals surface area (Å²) in [6, 6.07) is 0. The summed E-state index contributed by atoms with van der Waals surface area (Å²) in [7, 11) is 0. The van der Waals surface area contributed by atoms with Crippen LogP contribution in [0.5, 0.6) is 0 Å². The molecule has 1 aliphatic rings. The second kappa shape index (κ2) is 3.76. The van der Waals surface area contributed by atoms with E-state index < -0.39 is 0 Å². The molecule has 0 aromatic heterocycles. The van der Waals surface area contributed by atoms with Crippen LogP contribution in [-0.2, 0) is 0 Å². The molecule has 0 aromatic rings. The fourth-order valence-electron chi connectivity index (χ4n) is 0.964. The summed E-state index contributed by atoms with van der Waals surface area (Å²) in [5.74, 6) is 0. The van der Waals surface area contributed by atoms with Crippen LogP contribution in [0.4, 0.5) is 0 Å². The predicted molar refractivity (Wildman–Crippen MR) is 48.5 cm³/mol. The molecule has 0 saturated heterocycles. The van der Waals surface area contributed by atoms with Crippen LogP contribution < -0.4 is 5.32 Å². The van der Waals surface area contributed by atoms with Gasteiger partial charge >= 0.3 is 0 Å². The maximum Gasteiger partial charge on any atom is 0.0662 e. The van der Waals surface area contributed by atoms with Crippen molar-refractivity contribution in [1.82, 2.24) is 5.32 Å². The molecule has 0 radical (unpaired) electrons. The second-order valence-electron chi connectivity index (χ2n) is 2.21. The van der Waals surface area contributed by atoms with E-state index in [1.54, 1.807) is 6.21 Å². The highest BCUT2D eigenvalue weighted by molar-refractivity contribution is 5.57. The van der Waals surface area contributed by atoms with Crippen molar-refractivity contribution in [2.75, 3.05) is 6.54 Å². The number of allylic oxidation sites excluding steroid dienone is 3. The Labute approximate surface area is 67.0 Å². The molecule has 1 aliphatic heterocycles. The summed E-state index contributed by atoms with van der Waals surface area (Å²) < 4.78 is 0. The van der Waals surface area contributed by atoms with Crippen LogP contribution in [-0.4, -0.2) is 12.8 Å². The van der Waals surface area contributed by atoms with Crippen LogP contribution in [0.1, 0.15) is 6.92 Å². The molecule has 0 aliphatic carbocycles. The molecule has 0 aromatic carbocycles. The lowest BCUT2D eigenvalue weighted by molar-refractivity contribution is 0.899. The lowest BCUT2D eigenvalue weighted by atomic mass is 10.1. The molecule has 58 valence electrons. The molecule has 11 heavy (non-hydrogen) atoms. The summed E-state index contributed by atoms with van der Waals surface area (Å²) >= 11 is 0. The van der Waals surface area contributed by atoms with Gasteiger partial charge in [0.1, 0.15) is 0 Å². The van der Waals surface area contributed by atoms with E-state index in [-0.39, 0.29) is 0 Å². The molecule has 2 nitrogen and oxygen atoms in total. The van der Waals surface area contributed by atoms with Gasteiger partial charge in [-0.05, 0) is 24.8 Å². The zero-order chi connectivity index (χ0) is 8.10. The van der Waals surface area contributed by atoms with Crippen molar-refractivity contribution in [2.24, 2.45) is 4.99 Å². The number of hydrogen-bond acceptors (Lipinski definition) is 2. The Morgan fingerprint density at radius 2 is 2.55 bits per heavy atom. The van der Waals surface area contributed by atoms with Gasteiger partial charge < -0.3 is 5.32 Å². The van der Waals surface area contributed by atoms with E-state index in [1.165, 1.54) is 0 Å². The van der Waals surface area contributed by atoms with E-state index in [9.17, 15) is 0 Å². The van der Waals surface area contributed by atoms with Crippen molar-refractivity contribution in [3.63, 3.8) is 0 Å². The Bertz CT molecular complexity index is 234. The summed E-state index contributed by atoms with van der Waals surface area (Å²) in [4.78, 5) is 4.21. The SMILES string of the molecule is C=CC1=C(N=CC)CNC=C1. The first-order valence-corrected chi connectivity index (χ1v) is 3.62. The standard InChI is InChI=1S/C9H12N2/c1-3-8-5-6-10-7-9(8)11-4-2/h3-6,10H,1,7H2,2H3. The zero-order valence-corrected chi connectivity index (χ0v) is 6.67. The van der Waals surface area contributed by atoms with Gasteiger partial charge in [-0.1, -0.05) is 12.7 Å². The van der Waals surface area contributed by atoms with Gasteiger partial charge in [0.05, 0.1) is 12.2 Å². The fourth-order valence-corrected chi connectivity index (χ4v) is 0.964. The van der Waals surface area contributed by atoms with Crippen molar-refractivity contribution in [3.8, 4) is 0 Å². The topological polar surface area (TPSA) is 24.4 Å². The van der Waals surface area contributed by atoms with Crippen LogP contribution in [0.3, 0.4) is 0 Å². The molecule has 0 fully saturated rings. The molecule has 0 amide bonds. The maximum atomic E-state index is 4.21. The van der Waals surface area contributed by atoms with Crippen molar-refractivity contribution < 1.29 is 0 Å². The molecule has 1 heterocycles. The summed E-state index contributed by atoms with van der Waals surface area (Å²) in [6.45, 7) is 6.41. The van der Waals surface area contributed by atoms with E-state index in [1.807, 2.05) is 25.3 Å². The van der Waals surface area contributed by atoms with Crippen LogP contribution in [0.15, 0.2) is 41.2 Å². The van der Waals surface area contributed by atoms with Gasteiger partial charge in [0.2, 0.25) is 0 Å². The minimum Gasteiger partial charge on any atom is -0.385 e. The number of dihydropyridines is 1. The molecule has 0 spiro atoms. The Morgan fingerprint density at radius 3 is 3.18 bits per heavy atom. The number of nitrogens with one attached hydrogen (secondary N) is 1. The maximum absolute atomic E-state index is 4.21. The minimum atomic E-state index is 0.794. The molecule has 0 saturated carbocycles. The van der Waals surface area contributed by atoms with Gasteiger partial charge in [-0.2, -0.15) is 0 Å². The van der Waals surface area contributed by atoms with Crippen molar-refractivity contribution >= 4 is 6.21 Å². The third-order valence-electron chi connectivity index (χ3n) is 1.49. The Balaban J connectivity index is 2.91. The normalized spacial score (nSPS) is 17.2. The lowest BCUT2D eigenvalue weighted by Crippen LogP contribution is -2.13. The number of rotatable bonds is 2. The molecule has 0 unspecified atom stereocenters. The number of aliphatic imine (C=N–C) groups is 1. The summed E-state index contributed by atoms with van der Waals surface area (Å²) in [6.07, 6.45) is 7.49. The third-order valence-corrected chi connectivity index (χ3v) is 1.49. The van der Waals surface area contributed by atoms with Crippen LogP contribution >= 0.6 is 0 Å². The fraction of sp³-hybridized carbons (Fsp3) is 0.222. The highest BCUT2D eigenvalue weighted by Crippen LogP contribution is 2.10. The van der Waals surface area contributed by atoms with Gasteiger partial charge in [0.25, 0.3) is 0 Å². The van der Waals surface area contributed by atoms with Gasteiger partial charge in [0, 0.05) is 6.21 Å². The Morgan fingerprint density at radius 1 is 1.73 bits per heavy atom. The minimum absolute atomic E-state index is 0.794. The Kier molecular flexibility index (Phi) is 2.66. The highest BCUT2D eigenvalue weighted by atomic mass is 14.9. The Hall–Kier alpha value is -1.31. The first-order valence-electron chi connectivity index (χ1n) is 3.62. The van der Waals surface area contributed by atoms with E-state index in [0.717, 1.165) is 17.8 Å². The molecule has 0 bridgehead atoms. The van der Waals surface area contributed by atoms with Crippen molar-refractivity contribution in [3.05, 3.63) is 36.2 Å². The summed E-state index contributed by atoms with van der Waals surface area (Å²) in [5, 5.41) is 3.08. The molecule has 1 rings (SSSR count). The predicted octanol–water partition coefficient (Wildman–Crippen LogP) is 1.63. The van der Waals surface area contributed by atoms with Crippen LogP contribution in [0.25, 0.3) is 0 Å². The number of hydrogen-bond donors (Lipinski definition) is 1. The largest absolute Gasteiger partial charge is 0.385 e. The van der Waals surface area contributed by atoms with Gasteiger partial charge in [-0.3, -0.25) is 4.99 Å². The van der Waals surface area contributed by atoms with Crippen molar-refractivity contribution in [1.29, 1.82) is 0 Å². The quantitative estimate of drug-likeness (QED) is 0.591. The molecule has 2 heteroatoms.